The zero-order valence-corrected chi connectivity index (χ0v) is 8.28. The highest BCUT2D eigenvalue weighted by Gasteiger charge is 2.06. The Morgan fingerprint density at radius 3 is 2.64 bits per heavy atom. The number of aryl methyl sites for hydroxylation is 1. The number of nitrogens with one attached hydrogen (secondary N) is 1. The maximum Gasteiger partial charge on any atom is 0.354 e. The predicted molar refractivity (Wildman–Crippen MR) is 52.4 cm³/mol. The van der Waals surface area contributed by atoms with Crippen molar-refractivity contribution in [3.63, 3.8) is 0 Å². The van der Waals surface area contributed by atoms with Gasteiger partial charge in [0.25, 0.3) is 0 Å². The third-order valence-electron chi connectivity index (χ3n) is 1.39. The van der Waals surface area contributed by atoms with Crippen molar-refractivity contribution in [2.24, 2.45) is 0 Å². The van der Waals surface area contributed by atoms with Gasteiger partial charge < -0.3 is 10.1 Å². The van der Waals surface area contributed by atoms with Crippen LogP contribution in [0.15, 0.2) is 23.4 Å². The molecule has 0 aliphatic carbocycles. The summed E-state index contributed by atoms with van der Waals surface area (Å²) < 4.78 is 0. The second-order valence-electron chi connectivity index (χ2n) is 2.34. The Bertz CT molecular complexity index is 366. The summed E-state index contributed by atoms with van der Waals surface area (Å²) in [5, 5.41) is 10.3. The highest BCUT2D eigenvalue weighted by atomic mass is 32.1. The van der Waals surface area contributed by atoms with Crippen LogP contribution in [0.3, 0.4) is 0 Å². The topological polar surface area (TPSA) is 78.9 Å². The molecule has 0 saturated carbocycles. The fraction of sp³-hybridized carbons (Fsp3) is 0.125. The first-order chi connectivity index (χ1) is 6.72. The van der Waals surface area contributed by atoms with Crippen molar-refractivity contribution in [1.29, 1.82) is 0 Å². The fourth-order valence-electron chi connectivity index (χ4n) is 0.755. The van der Waals surface area contributed by atoms with E-state index in [1.165, 1.54) is 6.33 Å². The lowest BCUT2D eigenvalue weighted by Gasteiger charge is -1.85. The molecule has 0 radical (unpaired) electrons. The monoisotopic (exact) mass is 211 g/mol. The van der Waals surface area contributed by atoms with Gasteiger partial charge in [-0.2, -0.15) is 0 Å². The minimum absolute atomic E-state index is 0.162. The van der Waals surface area contributed by atoms with Gasteiger partial charge >= 0.3 is 5.97 Å². The molecule has 14 heavy (non-hydrogen) atoms. The van der Waals surface area contributed by atoms with Crippen LogP contribution in [-0.4, -0.2) is 26.0 Å². The standard InChI is InChI=1S/C5H6N2O2.C3H3NS/c1-3-4(5(8)9)7-2-6-3;1-2-5-3-4-1/h2H,1H3,(H,6,7)(H,8,9);1-3H. The van der Waals surface area contributed by atoms with Crippen LogP contribution < -0.4 is 0 Å². The molecule has 0 aliphatic rings. The van der Waals surface area contributed by atoms with Gasteiger partial charge in [-0.05, 0) is 6.92 Å². The summed E-state index contributed by atoms with van der Waals surface area (Å²) in [5.41, 5.74) is 2.47. The van der Waals surface area contributed by atoms with Gasteiger partial charge in [-0.3, -0.25) is 4.98 Å². The van der Waals surface area contributed by atoms with Gasteiger partial charge in [0.1, 0.15) is 5.69 Å². The minimum atomic E-state index is -0.968. The molecular weight excluding hydrogens is 202 g/mol. The molecule has 0 spiro atoms. The van der Waals surface area contributed by atoms with E-state index in [4.69, 9.17) is 5.11 Å². The quantitative estimate of drug-likeness (QED) is 0.750. The summed E-state index contributed by atoms with van der Waals surface area (Å²) in [6.07, 6.45) is 3.13. The molecule has 0 aromatic carbocycles. The van der Waals surface area contributed by atoms with Crippen molar-refractivity contribution in [2.75, 3.05) is 0 Å². The second kappa shape index (κ2) is 5.13. The summed E-state index contributed by atoms with van der Waals surface area (Å²) in [4.78, 5) is 20.1. The lowest BCUT2D eigenvalue weighted by molar-refractivity contribution is 0.0690. The number of carboxylic acids is 1. The Balaban J connectivity index is 0.000000165. The van der Waals surface area contributed by atoms with E-state index in [1.54, 1.807) is 30.0 Å². The number of hydrogen-bond acceptors (Lipinski definition) is 4. The van der Waals surface area contributed by atoms with E-state index in [-0.39, 0.29) is 5.69 Å². The normalized spacial score (nSPS) is 8.93. The predicted octanol–water partition coefficient (Wildman–Crippen LogP) is 1.56. The van der Waals surface area contributed by atoms with Crippen LogP contribution in [0.25, 0.3) is 0 Å². The Morgan fingerprint density at radius 1 is 1.64 bits per heavy atom. The van der Waals surface area contributed by atoms with E-state index in [0.29, 0.717) is 5.69 Å². The van der Waals surface area contributed by atoms with E-state index in [9.17, 15) is 4.79 Å². The number of aromatic amines is 1. The van der Waals surface area contributed by atoms with Crippen molar-refractivity contribution in [3.05, 3.63) is 34.8 Å². The highest BCUT2D eigenvalue weighted by molar-refractivity contribution is 7.07. The van der Waals surface area contributed by atoms with Crippen molar-refractivity contribution in [1.82, 2.24) is 15.0 Å². The summed E-state index contributed by atoms with van der Waals surface area (Å²) in [6, 6.07) is 0. The molecule has 0 aliphatic heterocycles. The number of carboxylic acid groups (broad SMARTS) is 1. The SMILES string of the molecule is Cc1nc[nH]c1C(=O)O.c1cscn1. The van der Waals surface area contributed by atoms with Crippen molar-refractivity contribution in [3.8, 4) is 0 Å². The number of carbonyl (C=O) groups is 1. The molecule has 0 bridgehead atoms. The van der Waals surface area contributed by atoms with Crippen molar-refractivity contribution >= 4 is 17.3 Å². The number of aromatic nitrogens is 3. The van der Waals surface area contributed by atoms with Crippen LogP contribution >= 0.6 is 11.3 Å². The zero-order chi connectivity index (χ0) is 10.4. The van der Waals surface area contributed by atoms with Crippen LogP contribution in [0, 0.1) is 6.92 Å². The fourth-order valence-corrected chi connectivity index (χ4v) is 1.11. The number of nitrogens with zero attached hydrogens (tertiary/aromatic N) is 2. The van der Waals surface area contributed by atoms with Gasteiger partial charge in [-0.1, -0.05) is 0 Å². The van der Waals surface area contributed by atoms with Gasteiger partial charge in [-0.25, -0.2) is 9.78 Å². The van der Waals surface area contributed by atoms with E-state index in [2.05, 4.69) is 15.0 Å². The summed E-state index contributed by atoms with van der Waals surface area (Å²) in [5.74, 6) is -0.968. The average Bonchev–Trinajstić information content (AvgIpc) is 2.74. The first-order valence-corrected chi connectivity index (χ1v) is 4.71. The molecular formula is C8H9N3O2S. The molecule has 0 amide bonds. The first kappa shape index (κ1) is 10.4. The van der Waals surface area contributed by atoms with Crippen molar-refractivity contribution < 1.29 is 9.90 Å². The Hall–Kier alpha value is -1.69. The van der Waals surface area contributed by atoms with E-state index in [0.717, 1.165) is 0 Å². The number of aromatic carboxylic acids is 1. The van der Waals surface area contributed by atoms with Crippen LogP contribution in [-0.2, 0) is 0 Å². The molecule has 0 fully saturated rings. The van der Waals surface area contributed by atoms with Gasteiger partial charge in [-0.15, -0.1) is 11.3 Å². The van der Waals surface area contributed by atoms with Crippen LogP contribution in [0.1, 0.15) is 16.2 Å². The molecule has 0 unspecified atom stereocenters. The largest absolute Gasteiger partial charge is 0.477 e. The molecule has 0 atom stereocenters. The molecule has 2 aromatic rings. The lowest BCUT2D eigenvalue weighted by Crippen LogP contribution is -1.98. The second-order valence-corrected chi connectivity index (χ2v) is 3.10. The average molecular weight is 211 g/mol. The smallest absolute Gasteiger partial charge is 0.354 e. The van der Waals surface area contributed by atoms with Crippen LogP contribution in [0.2, 0.25) is 0 Å². The Labute approximate surface area is 84.5 Å². The molecule has 6 heteroatoms. The number of rotatable bonds is 1. The van der Waals surface area contributed by atoms with Gasteiger partial charge in [0.15, 0.2) is 0 Å². The molecule has 2 aromatic heterocycles. The molecule has 2 N–H and O–H groups in total. The van der Waals surface area contributed by atoms with Gasteiger partial charge in [0, 0.05) is 11.6 Å². The zero-order valence-electron chi connectivity index (χ0n) is 7.47. The lowest BCUT2D eigenvalue weighted by atomic mass is 10.4. The molecule has 74 valence electrons. The van der Waals surface area contributed by atoms with Gasteiger partial charge in [0.05, 0.1) is 17.5 Å². The minimum Gasteiger partial charge on any atom is -0.477 e. The van der Waals surface area contributed by atoms with E-state index in [1.807, 2.05) is 5.38 Å². The van der Waals surface area contributed by atoms with E-state index >= 15 is 0 Å². The maximum atomic E-state index is 10.2. The molecule has 2 rings (SSSR count). The maximum absolute atomic E-state index is 10.2. The summed E-state index contributed by atoms with van der Waals surface area (Å²) >= 11 is 1.60. The molecule has 2 heterocycles. The molecule has 0 saturated heterocycles. The number of H-pyrrole nitrogens is 1. The van der Waals surface area contributed by atoms with Gasteiger partial charge in [0.2, 0.25) is 0 Å². The molecule has 5 nitrogen and oxygen atoms in total. The number of thiazole rings is 1. The summed E-state index contributed by atoms with van der Waals surface area (Å²) in [6.45, 7) is 1.64. The number of imidazole rings is 1. The Kier molecular flexibility index (Phi) is 3.81. The third-order valence-corrected chi connectivity index (χ3v) is 1.91. The first-order valence-electron chi connectivity index (χ1n) is 3.77. The highest BCUT2D eigenvalue weighted by Crippen LogP contribution is 1.98. The van der Waals surface area contributed by atoms with Crippen LogP contribution in [0.5, 0.6) is 0 Å². The number of hydrogen-bond donors (Lipinski definition) is 2. The van der Waals surface area contributed by atoms with E-state index < -0.39 is 5.97 Å². The van der Waals surface area contributed by atoms with Crippen LogP contribution in [0.4, 0.5) is 0 Å². The Morgan fingerprint density at radius 2 is 2.43 bits per heavy atom. The van der Waals surface area contributed by atoms with Crippen molar-refractivity contribution in [2.45, 2.75) is 6.92 Å². The summed E-state index contributed by atoms with van der Waals surface area (Å²) in [7, 11) is 0. The third kappa shape index (κ3) is 2.98.